The van der Waals surface area contributed by atoms with Gasteiger partial charge in [0, 0.05) is 11.1 Å². The molecule has 0 aromatic rings. The summed E-state index contributed by atoms with van der Waals surface area (Å²) in [5, 5.41) is 3.63. The van der Waals surface area contributed by atoms with Crippen LogP contribution >= 0.6 is 0 Å². The Morgan fingerprint density at radius 2 is 1.17 bits per heavy atom. The van der Waals surface area contributed by atoms with Gasteiger partial charge in [-0.3, -0.25) is 0 Å². The van der Waals surface area contributed by atoms with Crippen LogP contribution in [0, 0.1) is 0 Å². The van der Waals surface area contributed by atoms with E-state index < -0.39 is 0 Å². The predicted molar refractivity (Wildman–Crippen MR) is 56.5 cm³/mol. The first-order valence-electron chi connectivity index (χ1n) is 5.21. The van der Waals surface area contributed by atoms with Crippen LogP contribution in [-0.2, 0) is 0 Å². The maximum atomic E-state index is 3.63. The van der Waals surface area contributed by atoms with E-state index in [-0.39, 0.29) is 0 Å². The third-order valence-electron chi connectivity index (χ3n) is 2.28. The molecule has 12 heavy (non-hydrogen) atoms. The van der Waals surface area contributed by atoms with Crippen molar-refractivity contribution in [1.82, 2.24) is 5.32 Å². The Balaban J connectivity index is 0.000000561. The van der Waals surface area contributed by atoms with Crippen molar-refractivity contribution in [3.63, 3.8) is 0 Å². The third kappa shape index (κ3) is 4.10. The molecule has 74 valence electrons. The van der Waals surface area contributed by atoms with Crippen molar-refractivity contribution in [2.24, 2.45) is 0 Å². The van der Waals surface area contributed by atoms with Gasteiger partial charge in [0.15, 0.2) is 0 Å². The lowest BCUT2D eigenvalue weighted by atomic mass is 9.83. The van der Waals surface area contributed by atoms with Crippen molar-refractivity contribution >= 4 is 0 Å². The van der Waals surface area contributed by atoms with Crippen molar-refractivity contribution in [1.29, 1.82) is 0 Å². The van der Waals surface area contributed by atoms with Crippen LogP contribution < -0.4 is 5.32 Å². The minimum absolute atomic E-state index is 0.363. The summed E-state index contributed by atoms with van der Waals surface area (Å²) >= 11 is 0. The molecule has 0 aliphatic carbocycles. The van der Waals surface area contributed by atoms with Crippen LogP contribution in [-0.4, -0.2) is 11.1 Å². The van der Waals surface area contributed by atoms with E-state index in [0.717, 1.165) is 0 Å². The smallest absolute Gasteiger partial charge is 0.0130 e. The van der Waals surface area contributed by atoms with Crippen LogP contribution in [0.25, 0.3) is 0 Å². The summed E-state index contributed by atoms with van der Waals surface area (Å²) < 4.78 is 0. The Morgan fingerprint density at radius 1 is 0.833 bits per heavy atom. The summed E-state index contributed by atoms with van der Waals surface area (Å²) in [4.78, 5) is 0. The number of hydrogen-bond donors (Lipinski definition) is 1. The first kappa shape index (κ1) is 12.0. The third-order valence-corrected chi connectivity index (χ3v) is 2.28. The standard InChI is InChI=1S/C9H19N.C2H6/c1-8(2)6-5-7-9(3,4)10-8;1-2/h10H,5-7H2,1-4H3;1-2H3. The molecule has 1 heterocycles. The van der Waals surface area contributed by atoms with Gasteiger partial charge < -0.3 is 5.32 Å². The average molecular weight is 171 g/mol. The SMILES string of the molecule is CC.CC1(C)CCCC(C)(C)N1. The van der Waals surface area contributed by atoms with Gasteiger partial charge in [0.25, 0.3) is 0 Å². The second kappa shape index (κ2) is 4.27. The molecule has 0 bridgehead atoms. The van der Waals surface area contributed by atoms with Gasteiger partial charge in [0.2, 0.25) is 0 Å². The molecule has 1 fully saturated rings. The van der Waals surface area contributed by atoms with Crippen LogP contribution in [0.5, 0.6) is 0 Å². The molecule has 1 aliphatic heterocycles. The van der Waals surface area contributed by atoms with Gasteiger partial charge in [-0.15, -0.1) is 0 Å². The normalized spacial score (nSPS) is 25.5. The largest absolute Gasteiger partial charge is 0.307 e. The second-order valence-corrected chi connectivity index (χ2v) is 4.75. The fourth-order valence-electron chi connectivity index (χ4n) is 2.01. The highest BCUT2D eigenvalue weighted by atomic mass is 15.0. The molecule has 1 aliphatic rings. The molecule has 0 saturated carbocycles. The zero-order chi connectivity index (χ0) is 9.83. The monoisotopic (exact) mass is 171 g/mol. The Bertz CT molecular complexity index is 111. The molecule has 1 nitrogen and oxygen atoms in total. The maximum Gasteiger partial charge on any atom is 0.0130 e. The fraction of sp³-hybridized carbons (Fsp3) is 1.00. The Morgan fingerprint density at radius 3 is 1.33 bits per heavy atom. The summed E-state index contributed by atoms with van der Waals surface area (Å²) in [6, 6.07) is 0. The quantitative estimate of drug-likeness (QED) is 0.589. The van der Waals surface area contributed by atoms with Gasteiger partial charge in [-0.05, 0) is 47.0 Å². The highest BCUT2D eigenvalue weighted by Gasteiger charge is 2.31. The molecule has 0 aromatic heterocycles. The lowest BCUT2D eigenvalue weighted by Crippen LogP contribution is -2.55. The molecule has 1 heteroatoms. The van der Waals surface area contributed by atoms with Crippen molar-refractivity contribution in [3.05, 3.63) is 0 Å². The lowest BCUT2D eigenvalue weighted by Gasteiger charge is -2.42. The number of nitrogens with one attached hydrogen (secondary N) is 1. The zero-order valence-electron chi connectivity index (χ0n) is 9.62. The van der Waals surface area contributed by atoms with E-state index in [1.165, 1.54) is 19.3 Å². The van der Waals surface area contributed by atoms with E-state index in [0.29, 0.717) is 11.1 Å². The highest BCUT2D eigenvalue weighted by molar-refractivity contribution is 4.92. The number of hydrogen-bond acceptors (Lipinski definition) is 1. The highest BCUT2D eigenvalue weighted by Crippen LogP contribution is 2.27. The van der Waals surface area contributed by atoms with E-state index >= 15 is 0 Å². The Labute approximate surface area is 77.9 Å². The Kier molecular flexibility index (Phi) is 4.25. The summed E-state index contributed by atoms with van der Waals surface area (Å²) in [5.74, 6) is 0. The predicted octanol–water partition coefficient (Wildman–Crippen LogP) is 3.34. The first-order chi connectivity index (χ1) is 5.41. The molecule has 0 atom stereocenters. The van der Waals surface area contributed by atoms with E-state index in [1.54, 1.807) is 0 Å². The zero-order valence-corrected chi connectivity index (χ0v) is 9.62. The average Bonchev–Trinajstić information content (AvgIpc) is 1.86. The number of piperidine rings is 1. The van der Waals surface area contributed by atoms with E-state index in [9.17, 15) is 0 Å². The molecule has 0 unspecified atom stereocenters. The summed E-state index contributed by atoms with van der Waals surface area (Å²) in [6.07, 6.45) is 4.00. The molecular weight excluding hydrogens is 146 g/mol. The van der Waals surface area contributed by atoms with Gasteiger partial charge >= 0.3 is 0 Å². The first-order valence-corrected chi connectivity index (χ1v) is 5.21. The Hall–Kier alpha value is -0.0400. The summed E-state index contributed by atoms with van der Waals surface area (Å²) in [6.45, 7) is 13.1. The van der Waals surface area contributed by atoms with Crippen LogP contribution in [0.1, 0.15) is 60.8 Å². The maximum absolute atomic E-state index is 3.63. The van der Waals surface area contributed by atoms with E-state index in [2.05, 4.69) is 33.0 Å². The summed E-state index contributed by atoms with van der Waals surface area (Å²) in [7, 11) is 0. The summed E-state index contributed by atoms with van der Waals surface area (Å²) in [5.41, 5.74) is 0.726. The topological polar surface area (TPSA) is 12.0 Å². The van der Waals surface area contributed by atoms with Crippen LogP contribution in [0.3, 0.4) is 0 Å². The van der Waals surface area contributed by atoms with Crippen LogP contribution in [0.4, 0.5) is 0 Å². The molecule has 1 rings (SSSR count). The molecule has 1 saturated heterocycles. The molecule has 0 aromatic carbocycles. The fourth-order valence-corrected chi connectivity index (χ4v) is 2.01. The minimum atomic E-state index is 0.363. The lowest BCUT2D eigenvalue weighted by molar-refractivity contribution is 0.183. The molecule has 0 radical (unpaired) electrons. The van der Waals surface area contributed by atoms with Crippen molar-refractivity contribution < 1.29 is 0 Å². The minimum Gasteiger partial charge on any atom is -0.307 e. The van der Waals surface area contributed by atoms with Crippen molar-refractivity contribution in [3.8, 4) is 0 Å². The van der Waals surface area contributed by atoms with Crippen LogP contribution in [0.15, 0.2) is 0 Å². The van der Waals surface area contributed by atoms with Gasteiger partial charge in [-0.1, -0.05) is 13.8 Å². The molecular formula is C11H25N. The van der Waals surface area contributed by atoms with Gasteiger partial charge in [0.05, 0.1) is 0 Å². The van der Waals surface area contributed by atoms with E-state index in [4.69, 9.17) is 0 Å². The van der Waals surface area contributed by atoms with Crippen LogP contribution in [0.2, 0.25) is 0 Å². The molecule has 1 N–H and O–H groups in total. The van der Waals surface area contributed by atoms with Gasteiger partial charge in [0.1, 0.15) is 0 Å². The molecule has 0 spiro atoms. The van der Waals surface area contributed by atoms with Crippen molar-refractivity contribution in [2.45, 2.75) is 71.9 Å². The number of rotatable bonds is 0. The molecule has 0 amide bonds. The van der Waals surface area contributed by atoms with Crippen molar-refractivity contribution in [2.75, 3.05) is 0 Å². The second-order valence-electron chi connectivity index (χ2n) is 4.75. The van der Waals surface area contributed by atoms with Gasteiger partial charge in [-0.2, -0.15) is 0 Å². The van der Waals surface area contributed by atoms with Gasteiger partial charge in [-0.25, -0.2) is 0 Å². The van der Waals surface area contributed by atoms with E-state index in [1.807, 2.05) is 13.8 Å².